The predicted molar refractivity (Wildman–Crippen MR) is 87.0 cm³/mol. The normalized spacial score (nSPS) is 18.5. The van der Waals surface area contributed by atoms with Gasteiger partial charge in [0.15, 0.2) is 0 Å². The summed E-state index contributed by atoms with van der Waals surface area (Å²) in [4.78, 5) is 14.0. The van der Waals surface area contributed by atoms with Crippen LogP contribution in [0.25, 0.3) is 0 Å². The number of thioether (sulfide) groups is 1. The highest BCUT2D eigenvalue weighted by atomic mass is 32.2. The van der Waals surface area contributed by atoms with Crippen molar-refractivity contribution in [1.29, 1.82) is 0 Å². The van der Waals surface area contributed by atoms with E-state index in [-0.39, 0.29) is 5.91 Å². The quantitative estimate of drug-likeness (QED) is 0.790. The Balaban J connectivity index is 1.83. The van der Waals surface area contributed by atoms with Gasteiger partial charge in [-0.2, -0.15) is 11.8 Å². The van der Waals surface area contributed by atoms with E-state index in [0.29, 0.717) is 24.3 Å². The molecule has 122 valence electrons. The molecule has 0 radical (unpaired) electrons. The van der Waals surface area contributed by atoms with Gasteiger partial charge in [0, 0.05) is 31.3 Å². The van der Waals surface area contributed by atoms with Crippen molar-refractivity contribution in [3.8, 4) is 0 Å². The monoisotopic (exact) mass is 327 g/mol. The lowest BCUT2D eigenvalue weighted by molar-refractivity contribution is -0.132. The van der Waals surface area contributed by atoms with Crippen LogP contribution in [-0.2, 0) is 11.2 Å². The lowest BCUT2D eigenvalue weighted by Gasteiger charge is -2.33. The molecule has 0 unspecified atom stereocenters. The zero-order chi connectivity index (χ0) is 15.9. The van der Waals surface area contributed by atoms with Gasteiger partial charge in [-0.1, -0.05) is 6.07 Å². The summed E-state index contributed by atoms with van der Waals surface area (Å²) in [6, 6.07) is 3.76. The van der Waals surface area contributed by atoms with Crippen molar-refractivity contribution in [1.82, 2.24) is 4.90 Å². The van der Waals surface area contributed by atoms with E-state index >= 15 is 0 Å². The number of hydrogen-bond donors (Lipinski definition) is 0. The maximum atomic E-state index is 13.6. The number of halogens is 2. The minimum Gasteiger partial charge on any atom is -0.342 e. The molecular weight excluding hydrogens is 304 g/mol. The van der Waals surface area contributed by atoms with E-state index in [0.717, 1.165) is 44.2 Å². The molecule has 0 aromatic heterocycles. The number of rotatable bonds is 6. The third-order valence-electron chi connectivity index (χ3n) is 4.23. The molecule has 1 fully saturated rings. The Bertz CT molecular complexity index is 509. The van der Waals surface area contributed by atoms with Crippen LogP contribution in [0, 0.1) is 17.6 Å². The zero-order valence-corrected chi connectivity index (χ0v) is 13.8. The van der Waals surface area contributed by atoms with Gasteiger partial charge in [0.1, 0.15) is 11.6 Å². The summed E-state index contributed by atoms with van der Waals surface area (Å²) >= 11 is 1.69. The Labute approximate surface area is 135 Å². The van der Waals surface area contributed by atoms with Gasteiger partial charge in [0.2, 0.25) is 5.91 Å². The maximum absolute atomic E-state index is 13.6. The molecule has 0 N–H and O–H groups in total. The van der Waals surface area contributed by atoms with Crippen LogP contribution in [0.15, 0.2) is 18.2 Å². The first-order valence-corrected chi connectivity index (χ1v) is 9.20. The molecule has 1 aliphatic rings. The van der Waals surface area contributed by atoms with E-state index in [1.165, 1.54) is 12.1 Å². The molecule has 0 aliphatic carbocycles. The van der Waals surface area contributed by atoms with Gasteiger partial charge in [0.25, 0.3) is 0 Å². The van der Waals surface area contributed by atoms with Gasteiger partial charge in [-0.3, -0.25) is 4.79 Å². The summed E-state index contributed by atoms with van der Waals surface area (Å²) in [6.45, 7) is 1.62. The second kappa shape index (κ2) is 8.51. The molecule has 1 aromatic carbocycles. The van der Waals surface area contributed by atoms with Crippen LogP contribution in [0.1, 0.15) is 31.2 Å². The SMILES string of the molecule is CSCCC(=O)N1CCC[C@@H](CCc2ccc(F)cc2F)C1. The number of amides is 1. The second-order valence-corrected chi connectivity index (χ2v) is 6.85. The molecule has 1 heterocycles. The van der Waals surface area contributed by atoms with Gasteiger partial charge in [-0.05, 0) is 49.5 Å². The van der Waals surface area contributed by atoms with E-state index in [9.17, 15) is 13.6 Å². The van der Waals surface area contributed by atoms with Crippen molar-refractivity contribution in [2.45, 2.75) is 32.1 Å². The third kappa shape index (κ3) is 4.97. The van der Waals surface area contributed by atoms with Crippen LogP contribution in [0.3, 0.4) is 0 Å². The molecule has 0 spiro atoms. The van der Waals surface area contributed by atoms with Gasteiger partial charge in [-0.25, -0.2) is 8.78 Å². The largest absolute Gasteiger partial charge is 0.342 e. The average molecular weight is 327 g/mol. The first-order chi connectivity index (χ1) is 10.6. The number of nitrogens with zero attached hydrogens (tertiary/aromatic N) is 1. The highest BCUT2D eigenvalue weighted by Gasteiger charge is 2.23. The molecule has 2 rings (SSSR count). The van der Waals surface area contributed by atoms with Crippen molar-refractivity contribution >= 4 is 17.7 Å². The van der Waals surface area contributed by atoms with Crippen molar-refractivity contribution in [2.24, 2.45) is 5.92 Å². The summed E-state index contributed by atoms with van der Waals surface area (Å²) in [5, 5.41) is 0. The minimum atomic E-state index is -0.538. The number of carbonyl (C=O) groups excluding carboxylic acids is 1. The van der Waals surface area contributed by atoms with Crippen LogP contribution in [0.5, 0.6) is 0 Å². The van der Waals surface area contributed by atoms with E-state index < -0.39 is 11.6 Å². The Hall–Kier alpha value is -1.10. The fourth-order valence-electron chi connectivity index (χ4n) is 2.96. The standard InChI is InChI=1S/C17H23F2NOS/c1-22-10-8-17(21)20-9-2-3-13(12-20)4-5-14-6-7-15(18)11-16(14)19/h6-7,11,13H,2-5,8-10,12H2,1H3/t13-/m0/s1. The van der Waals surface area contributed by atoms with Crippen LogP contribution in [0.4, 0.5) is 8.78 Å². The van der Waals surface area contributed by atoms with Gasteiger partial charge in [-0.15, -0.1) is 0 Å². The fraction of sp³-hybridized carbons (Fsp3) is 0.588. The Kier molecular flexibility index (Phi) is 6.68. The molecule has 1 aliphatic heterocycles. The molecule has 0 saturated carbocycles. The highest BCUT2D eigenvalue weighted by Crippen LogP contribution is 2.23. The third-order valence-corrected chi connectivity index (χ3v) is 4.84. The number of benzene rings is 1. The first kappa shape index (κ1) is 17.3. The van der Waals surface area contributed by atoms with Gasteiger partial charge < -0.3 is 4.90 Å². The zero-order valence-electron chi connectivity index (χ0n) is 13.0. The molecule has 1 amide bonds. The number of likely N-dealkylation sites (tertiary alicyclic amines) is 1. The van der Waals surface area contributed by atoms with Crippen LogP contribution < -0.4 is 0 Å². The lowest BCUT2D eigenvalue weighted by atomic mass is 9.91. The molecule has 1 atom stereocenters. The first-order valence-electron chi connectivity index (χ1n) is 7.80. The summed E-state index contributed by atoms with van der Waals surface area (Å²) in [5.41, 5.74) is 0.562. The second-order valence-electron chi connectivity index (χ2n) is 5.87. The Morgan fingerprint density at radius 3 is 2.95 bits per heavy atom. The number of aryl methyl sites for hydroxylation is 1. The summed E-state index contributed by atoms with van der Waals surface area (Å²) < 4.78 is 26.5. The van der Waals surface area contributed by atoms with Crippen LogP contribution in [0.2, 0.25) is 0 Å². The smallest absolute Gasteiger partial charge is 0.223 e. The number of hydrogen-bond acceptors (Lipinski definition) is 2. The topological polar surface area (TPSA) is 20.3 Å². The predicted octanol–water partition coefficient (Wildman–Crippen LogP) is 3.89. The average Bonchev–Trinajstić information content (AvgIpc) is 2.52. The van der Waals surface area contributed by atoms with E-state index in [2.05, 4.69) is 0 Å². The summed E-state index contributed by atoms with van der Waals surface area (Å²) in [7, 11) is 0. The van der Waals surface area contributed by atoms with Crippen molar-refractivity contribution in [3.63, 3.8) is 0 Å². The highest BCUT2D eigenvalue weighted by molar-refractivity contribution is 7.98. The molecule has 5 heteroatoms. The maximum Gasteiger partial charge on any atom is 0.223 e. The fourth-order valence-corrected chi connectivity index (χ4v) is 3.34. The number of carbonyl (C=O) groups is 1. The lowest BCUT2D eigenvalue weighted by Crippen LogP contribution is -2.40. The van der Waals surface area contributed by atoms with Gasteiger partial charge in [0.05, 0.1) is 0 Å². The molecule has 0 bridgehead atoms. The van der Waals surface area contributed by atoms with Crippen LogP contribution >= 0.6 is 11.8 Å². The Morgan fingerprint density at radius 1 is 1.41 bits per heavy atom. The molecule has 1 aromatic rings. The minimum absolute atomic E-state index is 0.229. The molecule has 22 heavy (non-hydrogen) atoms. The van der Waals surface area contributed by atoms with Crippen molar-refractivity contribution in [3.05, 3.63) is 35.4 Å². The molecule has 2 nitrogen and oxygen atoms in total. The molecular formula is C17H23F2NOS. The van der Waals surface area contributed by atoms with E-state index in [1.54, 1.807) is 11.8 Å². The number of piperidine rings is 1. The molecule has 1 saturated heterocycles. The van der Waals surface area contributed by atoms with Crippen molar-refractivity contribution in [2.75, 3.05) is 25.1 Å². The van der Waals surface area contributed by atoms with Crippen LogP contribution in [-0.4, -0.2) is 35.9 Å². The van der Waals surface area contributed by atoms with E-state index in [4.69, 9.17) is 0 Å². The summed E-state index contributed by atoms with van der Waals surface area (Å²) in [5.74, 6) is 0.498. The van der Waals surface area contributed by atoms with E-state index in [1.807, 2.05) is 11.2 Å². The van der Waals surface area contributed by atoms with Gasteiger partial charge >= 0.3 is 0 Å². The summed E-state index contributed by atoms with van der Waals surface area (Å²) in [6.07, 6.45) is 6.14. The van der Waals surface area contributed by atoms with Crippen molar-refractivity contribution < 1.29 is 13.6 Å². The Morgan fingerprint density at radius 2 is 2.23 bits per heavy atom.